The van der Waals surface area contributed by atoms with Crippen LogP contribution in [0.1, 0.15) is 57.8 Å². The van der Waals surface area contributed by atoms with E-state index in [4.69, 9.17) is 27.5 Å². The summed E-state index contributed by atoms with van der Waals surface area (Å²) >= 11 is 6.47. The zero-order valence-electron chi connectivity index (χ0n) is 25.3. The van der Waals surface area contributed by atoms with E-state index in [1.165, 1.54) is 23.6 Å². The second-order valence-corrected chi connectivity index (χ2v) is 12.1. The van der Waals surface area contributed by atoms with Gasteiger partial charge >= 0.3 is 12.6 Å². The van der Waals surface area contributed by atoms with E-state index in [0.717, 1.165) is 0 Å². The van der Waals surface area contributed by atoms with Crippen molar-refractivity contribution >= 4 is 35.1 Å². The molecular formula is C31H35ClF2N8O3. The first-order chi connectivity index (χ1) is 21.2. The van der Waals surface area contributed by atoms with E-state index in [2.05, 4.69) is 27.0 Å². The van der Waals surface area contributed by atoms with Crippen LogP contribution in [-0.2, 0) is 9.53 Å². The van der Waals surface area contributed by atoms with Gasteiger partial charge in [-0.15, -0.1) is 0 Å². The molecule has 3 aromatic rings. The Hall–Kier alpha value is -4.78. The highest BCUT2D eigenvalue weighted by Crippen LogP contribution is 2.41. The largest absolute Gasteiger partial charge is 0.447 e. The Bertz CT molecular complexity index is 1660. The standard InChI is InChI=1S/C31H35ClF2N8O3/c1-6-19(21-12-39-41(14-21)27(33)34)8-7-18(2)31(16-30(3,4)5)26(43)42(28(35)40-31)25(15-45-29(36)44)20-9-10-23(32)22(11-20)24-13-37-17-38-24/h6-14,17,25,27H,2,15-16H2,1,3-5H3,(H2,35,40)(H2,36,44)(H,37,38)/b8-7-,19-6+/t25-,31-/m1/s1. The second-order valence-electron chi connectivity index (χ2n) is 11.7. The van der Waals surface area contributed by atoms with Gasteiger partial charge in [-0.1, -0.05) is 63.2 Å². The van der Waals surface area contributed by atoms with Gasteiger partial charge in [0, 0.05) is 23.5 Å². The molecule has 238 valence electrons. The van der Waals surface area contributed by atoms with Crippen LogP contribution in [0.15, 0.2) is 73.5 Å². The Morgan fingerprint density at radius 3 is 2.62 bits per heavy atom. The topological polar surface area (TPSA) is 155 Å². The molecule has 0 aliphatic carbocycles. The Kier molecular flexibility index (Phi) is 9.62. The first-order valence-corrected chi connectivity index (χ1v) is 14.3. The molecule has 2 amide bonds. The van der Waals surface area contributed by atoms with Crippen LogP contribution in [0.3, 0.4) is 0 Å². The number of carbonyl (C=O) groups is 2. The fraction of sp³-hybridized carbons (Fsp3) is 0.323. The summed E-state index contributed by atoms with van der Waals surface area (Å²) in [5.41, 5.74) is 6.39. The van der Waals surface area contributed by atoms with Crippen molar-refractivity contribution in [3.63, 3.8) is 0 Å². The number of guanidine groups is 1. The molecule has 0 spiro atoms. The molecule has 0 radical (unpaired) electrons. The molecule has 2 aromatic heterocycles. The minimum atomic E-state index is -2.79. The average molecular weight is 641 g/mol. The van der Waals surface area contributed by atoms with Crippen LogP contribution in [0.4, 0.5) is 13.6 Å². The summed E-state index contributed by atoms with van der Waals surface area (Å²) in [4.78, 5) is 34.6. The SMILES string of the molecule is C=C(/C=C\C(=C/C)c1cnn(C(F)F)c1)[C@@]1(CC(C)(C)C)NC(=N)N([C@H](COC(N)=O)c2ccc(Cl)c(-c3c[nH]cn3)c2)C1=O. The van der Waals surface area contributed by atoms with E-state index < -0.39 is 35.5 Å². The Balaban J connectivity index is 1.75. The fourth-order valence-corrected chi connectivity index (χ4v) is 5.50. The number of H-pyrrole nitrogens is 1. The van der Waals surface area contributed by atoms with E-state index in [-0.39, 0.29) is 19.0 Å². The van der Waals surface area contributed by atoms with E-state index >= 15 is 0 Å². The third-order valence-electron chi connectivity index (χ3n) is 7.25. The van der Waals surface area contributed by atoms with Crippen LogP contribution in [0.25, 0.3) is 16.8 Å². The molecule has 0 unspecified atom stereocenters. The minimum Gasteiger partial charge on any atom is -0.447 e. The van der Waals surface area contributed by atoms with E-state index in [1.807, 2.05) is 20.8 Å². The lowest BCUT2D eigenvalue weighted by Crippen LogP contribution is -2.51. The summed E-state index contributed by atoms with van der Waals surface area (Å²) < 4.78 is 32.0. The lowest BCUT2D eigenvalue weighted by Gasteiger charge is -2.35. The second kappa shape index (κ2) is 13.1. The van der Waals surface area contributed by atoms with Crippen LogP contribution >= 0.6 is 11.6 Å². The van der Waals surface area contributed by atoms with Gasteiger partial charge < -0.3 is 20.8 Å². The van der Waals surface area contributed by atoms with Crippen LogP contribution < -0.4 is 11.1 Å². The molecule has 2 atom stereocenters. The molecule has 3 heterocycles. The number of benzene rings is 1. The van der Waals surface area contributed by atoms with Gasteiger partial charge in [0.15, 0.2) is 5.96 Å². The van der Waals surface area contributed by atoms with Gasteiger partial charge in [-0.3, -0.25) is 15.1 Å². The van der Waals surface area contributed by atoms with Crippen LogP contribution in [0.5, 0.6) is 0 Å². The monoisotopic (exact) mass is 640 g/mol. The zero-order chi connectivity index (χ0) is 33.1. The van der Waals surface area contributed by atoms with Gasteiger partial charge in [0.2, 0.25) is 0 Å². The number of nitrogens with zero attached hydrogens (tertiary/aromatic N) is 4. The van der Waals surface area contributed by atoms with E-state index in [1.54, 1.807) is 49.5 Å². The number of nitrogens with two attached hydrogens (primary N) is 1. The Labute approximate surface area is 264 Å². The summed E-state index contributed by atoms with van der Waals surface area (Å²) in [5.74, 6) is -0.739. The first kappa shape index (κ1) is 33.1. The van der Waals surface area contributed by atoms with Crippen molar-refractivity contribution in [2.45, 2.75) is 52.2 Å². The van der Waals surface area contributed by atoms with Gasteiger partial charge in [0.1, 0.15) is 12.1 Å². The summed E-state index contributed by atoms with van der Waals surface area (Å²) in [6.07, 6.45) is 9.89. The van der Waals surface area contributed by atoms with Crippen molar-refractivity contribution in [1.29, 1.82) is 5.41 Å². The number of hydrogen-bond donors (Lipinski definition) is 4. The van der Waals surface area contributed by atoms with Crippen molar-refractivity contribution < 1.29 is 23.1 Å². The molecule has 11 nitrogen and oxygen atoms in total. The quantitative estimate of drug-likeness (QED) is 0.183. The number of carbonyl (C=O) groups excluding carboxylic acids is 2. The van der Waals surface area contributed by atoms with Gasteiger partial charge in [0.25, 0.3) is 5.91 Å². The molecule has 5 N–H and O–H groups in total. The zero-order valence-corrected chi connectivity index (χ0v) is 26.0. The highest BCUT2D eigenvalue weighted by atomic mass is 35.5. The maximum absolute atomic E-state index is 14.6. The van der Waals surface area contributed by atoms with E-state index in [0.29, 0.717) is 43.2 Å². The summed E-state index contributed by atoms with van der Waals surface area (Å²) in [5, 5.41) is 16.1. The number of amides is 2. The minimum absolute atomic E-state index is 0.234. The Morgan fingerprint density at radius 1 is 1.31 bits per heavy atom. The van der Waals surface area contributed by atoms with E-state index in [9.17, 15) is 18.4 Å². The summed E-state index contributed by atoms with van der Waals surface area (Å²) in [6, 6.07) is 4.05. The number of hydrogen-bond acceptors (Lipinski definition) is 6. The van der Waals surface area contributed by atoms with Crippen molar-refractivity contribution in [3.8, 4) is 11.3 Å². The van der Waals surface area contributed by atoms with Crippen LogP contribution in [0, 0.1) is 10.8 Å². The maximum atomic E-state index is 14.6. The molecule has 0 bridgehead atoms. The van der Waals surface area contributed by atoms with Gasteiger partial charge in [0.05, 0.1) is 29.3 Å². The third-order valence-corrected chi connectivity index (χ3v) is 7.58. The predicted molar refractivity (Wildman–Crippen MR) is 167 cm³/mol. The molecule has 1 saturated heterocycles. The molecular weight excluding hydrogens is 606 g/mol. The highest BCUT2D eigenvalue weighted by Gasteiger charge is 2.54. The number of primary amides is 1. The lowest BCUT2D eigenvalue weighted by molar-refractivity contribution is -0.133. The summed E-state index contributed by atoms with van der Waals surface area (Å²) in [7, 11) is 0. The molecule has 45 heavy (non-hydrogen) atoms. The number of imidazole rings is 1. The van der Waals surface area contributed by atoms with Crippen molar-refractivity contribution in [3.05, 3.63) is 89.6 Å². The molecule has 0 saturated carbocycles. The van der Waals surface area contributed by atoms with Crippen molar-refractivity contribution in [1.82, 2.24) is 30.0 Å². The number of nitrogens with one attached hydrogen (secondary N) is 3. The van der Waals surface area contributed by atoms with Gasteiger partial charge in [-0.2, -0.15) is 13.9 Å². The Morgan fingerprint density at radius 2 is 2.04 bits per heavy atom. The normalized spacial score (nSPS) is 18.1. The fourth-order valence-electron chi connectivity index (χ4n) is 5.29. The molecule has 4 rings (SSSR count). The van der Waals surface area contributed by atoms with Gasteiger partial charge in [-0.25, -0.2) is 14.5 Å². The number of allylic oxidation sites excluding steroid dienone is 3. The molecule has 1 aliphatic heterocycles. The lowest BCUT2D eigenvalue weighted by atomic mass is 9.75. The predicted octanol–water partition coefficient (Wildman–Crippen LogP) is 6.22. The number of halogens is 3. The van der Waals surface area contributed by atoms with Gasteiger partial charge in [-0.05, 0) is 47.6 Å². The van der Waals surface area contributed by atoms with Crippen molar-refractivity contribution in [2.24, 2.45) is 11.1 Å². The first-order valence-electron chi connectivity index (χ1n) is 13.9. The van der Waals surface area contributed by atoms with Crippen molar-refractivity contribution in [2.75, 3.05) is 6.61 Å². The van der Waals surface area contributed by atoms with Crippen LogP contribution in [0.2, 0.25) is 5.02 Å². The molecule has 1 aliphatic rings. The third kappa shape index (κ3) is 7.14. The molecule has 1 aromatic carbocycles. The summed E-state index contributed by atoms with van der Waals surface area (Å²) in [6.45, 7) is 8.68. The van der Waals surface area contributed by atoms with Crippen LogP contribution in [-0.4, -0.2) is 54.8 Å². The maximum Gasteiger partial charge on any atom is 0.404 e. The molecule has 14 heteroatoms. The number of alkyl halides is 2. The molecule has 1 fully saturated rings. The number of aromatic amines is 1. The smallest absolute Gasteiger partial charge is 0.404 e. The number of ether oxygens (including phenoxy) is 1. The number of rotatable bonds is 11. The number of aromatic nitrogens is 4. The average Bonchev–Trinajstić information content (AvgIpc) is 3.71. The highest BCUT2D eigenvalue weighted by molar-refractivity contribution is 6.33.